The molecule has 2 aromatic heterocycles. The predicted octanol–water partition coefficient (Wildman–Crippen LogP) is 1.40. The highest BCUT2D eigenvalue weighted by Crippen LogP contribution is 2.31. The zero-order valence-electron chi connectivity index (χ0n) is 17.4. The number of aromatic nitrogens is 3. The summed E-state index contributed by atoms with van der Waals surface area (Å²) in [5.41, 5.74) is -0.259. The lowest BCUT2D eigenvalue weighted by Gasteiger charge is -2.37. The molecule has 10 heteroatoms. The van der Waals surface area contributed by atoms with Crippen LogP contribution in [0.2, 0.25) is 0 Å². The van der Waals surface area contributed by atoms with Crippen molar-refractivity contribution in [3.05, 3.63) is 40.8 Å². The lowest BCUT2D eigenvalue weighted by molar-refractivity contribution is -0.0327. The van der Waals surface area contributed by atoms with E-state index in [1.807, 2.05) is 4.90 Å². The molecule has 0 radical (unpaired) electrons. The Morgan fingerprint density at radius 1 is 1.16 bits per heavy atom. The summed E-state index contributed by atoms with van der Waals surface area (Å²) in [6.45, 7) is 0.690. The Labute approximate surface area is 178 Å². The summed E-state index contributed by atoms with van der Waals surface area (Å²) < 4.78 is 10.6. The van der Waals surface area contributed by atoms with Gasteiger partial charge < -0.3 is 34.9 Å². The average Bonchev–Trinajstić information content (AvgIpc) is 2.79. The van der Waals surface area contributed by atoms with E-state index in [4.69, 9.17) is 9.47 Å². The van der Waals surface area contributed by atoms with Crippen molar-refractivity contribution >= 4 is 28.4 Å². The SMILES string of the molecule is COc1cc(Nc2nc(N3CCC(O)(CO)CC3)nc3cc[nH]c(=O)c23)cc(OC)c1. The highest BCUT2D eigenvalue weighted by Gasteiger charge is 2.32. The molecule has 3 aromatic rings. The van der Waals surface area contributed by atoms with E-state index < -0.39 is 5.60 Å². The number of nitrogens with one attached hydrogen (secondary N) is 2. The van der Waals surface area contributed by atoms with Crippen LogP contribution in [0.15, 0.2) is 35.3 Å². The molecule has 0 amide bonds. The molecule has 31 heavy (non-hydrogen) atoms. The van der Waals surface area contributed by atoms with Crippen molar-refractivity contribution in [1.29, 1.82) is 0 Å². The summed E-state index contributed by atoms with van der Waals surface area (Å²) in [6.07, 6.45) is 2.34. The Balaban J connectivity index is 1.75. The smallest absolute Gasteiger partial charge is 0.261 e. The fourth-order valence-electron chi connectivity index (χ4n) is 3.61. The van der Waals surface area contributed by atoms with Crippen molar-refractivity contribution in [3.63, 3.8) is 0 Å². The Morgan fingerprint density at radius 3 is 2.45 bits per heavy atom. The number of hydrogen-bond acceptors (Lipinski definition) is 9. The Morgan fingerprint density at radius 2 is 1.84 bits per heavy atom. The van der Waals surface area contributed by atoms with Gasteiger partial charge in [-0.1, -0.05) is 0 Å². The van der Waals surface area contributed by atoms with E-state index in [0.29, 0.717) is 65.8 Å². The Kier molecular flexibility index (Phi) is 5.66. The zero-order chi connectivity index (χ0) is 22.0. The third kappa shape index (κ3) is 4.25. The number of hydrogen-bond donors (Lipinski definition) is 4. The molecule has 0 aliphatic carbocycles. The molecule has 164 valence electrons. The minimum atomic E-state index is -1.08. The molecule has 0 saturated carbocycles. The van der Waals surface area contributed by atoms with Crippen molar-refractivity contribution in [2.24, 2.45) is 0 Å². The first kappa shape index (κ1) is 20.9. The van der Waals surface area contributed by atoms with Gasteiger partial charge in [0.15, 0.2) is 0 Å². The minimum Gasteiger partial charge on any atom is -0.497 e. The van der Waals surface area contributed by atoms with Gasteiger partial charge in [0.05, 0.1) is 31.9 Å². The fraction of sp³-hybridized carbons (Fsp3) is 0.381. The Hall–Kier alpha value is -3.37. The molecule has 1 fully saturated rings. The van der Waals surface area contributed by atoms with Crippen molar-refractivity contribution in [3.8, 4) is 11.5 Å². The monoisotopic (exact) mass is 427 g/mol. The lowest BCUT2D eigenvalue weighted by atomic mass is 9.93. The van der Waals surface area contributed by atoms with E-state index in [9.17, 15) is 15.0 Å². The molecule has 4 rings (SSSR count). The molecule has 0 spiro atoms. The number of methoxy groups -OCH3 is 2. The number of rotatable bonds is 6. The minimum absolute atomic E-state index is 0.278. The molecular weight excluding hydrogens is 402 g/mol. The summed E-state index contributed by atoms with van der Waals surface area (Å²) in [5.74, 6) is 1.97. The van der Waals surface area contributed by atoms with E-state index in [1.54, 1.807) is 44.7 Å². The maximum absolute atomic E-state index is 12.5. The van der Waals surface area contributed by atoms with Crippen LogP contribution in [0.4, 0.5) is 17.5 Å². The number of anilines is 3. The summed E-state index contributed by atoms with van der Waals surface area (Å²) >= 11 is 0. The topological polar surface area (TPSA) is 133 Å². The maximum atomic E-state index is 12.5. The molecule has 0 atom stereocenters. The quantitative estimate of drug-likeness (QED) is 0.461. The normalized spacial score (nSPS) is 15.7. The van der Waals surface area contributed by atoms with Crippen LogP contribution in [0.1, 0.15) is 12.8 Å². The van der Waals surface area contributed by atoms with Crippen molar-refractivity contribution in [1.82, 2.24) is 15.0 Å². The molecular formula is C21H25N5O5. The summed E-state index contributed by atoms with van der Waals surface area (Å²) in [7, 11) is 3.12. The Bertz CT molecular complexity index is 1120. The van der Waals surface area contributed by atoms with Gasteiger partial charge in [-0.3, -0.25) is 4.79 Å². The fourth-order valence-corrected chi connectivity index (χ4v) is 3.61. The van der Waals surface area contributed by atoms with Crippen molar-refractivity contribution in [2.75, 3.05) is 44.1 Å². The first-order chi connectivity index (χ1) is 14.9. The number of aliphatic hydroxyl groups excluding tert-OH is 1. The summed E-state index contributed by atoms with van der Waals surface area (Å²) in [4.78, 5) is 26.3. The van der Waals surface area contributed by atoms with Gasteiger partial charge in [0.2, 0.25) is 5.95 Å². The number of nitrogens with zero attached hydrogens (tertiary/aromatic N) is 3. The zero-order valence-corrected chi connectivity index (χ0v) is 17.4. The number of ether oxygens (including phenoxy) is 2. The lowest BCUT2D eigenvalue weighted by Crippen LogP contribution is -2.47. The summed E-state index contributed by atoms with van der Waals surface area (Å²) in [6, 6.07) is 7.01. The highest BCUT2D eigenvalue weighted by atomic mass is 16.5. The molecule has 1 aliphatic heterocycles. The van der Waals surface area contributed by atoms with Gasteiger partial charge in [0.1, 0.15) is 22.7 Å². The van der Waals surface area contributed by atoms with Crippen LogP contribution in [0.3, 0.4) is 0 Å². The standard InChI is InChI=1S/C21H25N5O5/c1-30-14-9-13(10-15(11-14)31-2)23-18-17-16(3-6-22-19(17)28)24-20(25-18)26-7-4-21(29,12-27)5-8-26/h3,6,9-11,27,29H,4-5,7-8,12H2,1-2H3,(H,22,28)(H,23,24,25). The molecule has 0 unspecified atom stereocenters. The molecule has 0 bridgehead atoms. The van der Waals surface area contributed by atoms with E-state index in [2.05, 4.69) is 20.3 Å². The van der Waals surface area contributed by atoms with Gasteiger partial charge in [0.25, 0.3) is 5.56 Å². The maximum Gasteiger partial charge on any atom is 0.261 e. The summed E-state index contributed by atoms with van der Waals surface area (Å²) in [5, 5.41) is 23.2. The molecule has 1 saturated heterocycles. The second-order valence-electron chi connectivity index (χ2n) is 7.54. The van der Waals surface area contributed by atoms with Gasteiger partial charge in [0, 0.05) is 43.2 Å². The second-order valence-corrected chi connectivity index (χ2v) is 7.54. The molecule has 3 heterocycles. The first-order valence-corrected chi connectivity index (χ1v) is 9.92. The van der Waals surface area contributed by atoms with Crippen LogP contribution >= 0.6 is 0 Å². The van der Waals surface area contributed by atoms with Gasteiger partial charge in [-0.2, -0.15) is 4.98 Å². The molecule has 1 aliphatic rings. The van der Waals surface area contributed by atoms with Gasteiger partial charge in [-0.25, -0.2) is 4.98 Å². The van der Waals surface area contributed by atoms with Crippen LogP contribution in [0.25, 0.3) is 10.9 Å². The molecule has 10 nitrogen and oxygen atoms in total. The van der Waals surface area contributed by atoms with E-state index in [-0.39, 0.29) is 12.2 Å². The van der Waals surface area contributed by atoms with Crippen LogP contribution < -0.4 is 25.2 Å². The number of piperidine rings is 1. The van der Waals surface area contributed by atoms with E-state index in [0.717, 1.165) is 0 Å². The molecule has 1 aromatic carbocycles. The van der Waals surface area contributed by atoms with Crippen LogP contribution in [-0.2, 0) is 0 Å². The largest absolute Gasteiger partial charge is 0.497 e. The number of H-pyrrole nitrogens is 1. The third-order valence-electron chi connectivity index (χ3n) is 5.49. The first-order valence-electron chi connectivity index (χ1n) is 9.92. The second kappa shape index (κ2) is 8.40. The van der Waals surface area contributed by atoms with Crippen molar-refractivity contribution < 1.29 is 19.7 Å². The van der Waals surface area contributed by atoms with Crippen LogP contribution in [-0.4, -0.2) is 64.7 Å². The predicted molar refractivity (Wildman–Crippen MR) is 116 cm³/mol. The number of aromatic amines is 1. The van der Waals surface area contributed by atoms with Crippen LogP contribution in [0.5, 0.6) is 11.5 Å². The number of benzene rings is 1. The average molecular weight is 427 g/mol. The van der Waals surface area contributed by atoms with Crippen molar-refractivity contribution in [2.45, 2.75) is 18.4 Å². The van der Waals surface area contributed by atoms with E-state index in [1.165, 1.54) is 0 Å². The number of aliphatic hydroxyl groups is 2. The highest BCUT2D eigenvalue weighted by molar-refractivity contribution is 5.91. The molecule has 4 N–H and O–H groups in total. The number of fused-ring (bicyclic) bond motifs is 1. The van der Waals surface area contributed by atoms with Gasteiger partial charge in [-0.15, -0.1) is 0 Å². The van der Waals surface area contributed by atoms with Crippen LogP contribution in [0, 0.1) is 0 Å². The van der Waals surface area contributed by atoms with E-state index >= 15 is 0 Å². The third-order valence-corrected chi connectivity index (χ3v) is 5.49. The van der Waals surface area contributed by atoms with Gasteiger partial charge >= 0.3 is 0 Å². The van der Waals surface area contributed by atoms with Gasteiger partial charge in [-0.05, 0) is 18.9 Å². The number of pyridine rings is 1.